The number of rotatable bonds is 5. The first kappa shape index (κ1) is 24.0. The van der Waals surface area contributed by atoms with Gasteiger partial charge in [0, 0.05) is 32.1 Å². The van der Waals surface area contributed by atoms with E-state index in [2.05, 4.69) is 9.88 Å². The molecule has 1 aromatic heterocycles. The minimum atomic E-state index is -0.506. The van der Waals surface area contributed by atoms with Crippen molar-refractivity contribution in [3.63, 3.8) is 0 Å². The van der Waals surface area contributed by atoms with E-state index in [1.54, 1.807) is 35.5 Å². The summed E-state index contributed by atoms with van der Waals surface area (Å²) in [6.07, 6.45) is 8.06. The van der Waals surface area contributed by atoms with E-state index in [0.717, 1.165) is 43.0 Å². The molecule has 1 aromatic carbocycles. The number of carbonyl (C=O) groups is 1. The van der Waals surface area contributed by atoms with Gasteiger partial charge in [-0.05, 0) is 57.7 Å². The molecule has 34 heavy (non-hydrogen) atoms. The van der Waals surface area contributed by atoms with Crippen molar-refractivity contribution in [3.05, 3.63) is 54.2 Å². The molecule has 182 valence electrons. The first-order chi connectivity index (χ1) is 16.3. The lowest BCUT2D eigenvalue weighted by Gasteiger charge is -2.33. The van der Waals surface area contributed by atoms with E-state index in [9.17, 15) is 9.18 Å². The van der Waals surface area contributed by atoms with Gasteiger partial charge in [0.05, 0.1) is 24.7 Å². The fourth-order valence-corrected chi connectivity index (χ4v) is 4.24. The largest absolute Gasteiger partial charge is 0.490 e. The van der Waals surface area contributed by atoms with Crippen molar-refractivity contribution in [2.45, 2.75) is 45.6 Å². The molecular formula is C26H33FN4O3. The Hall–Kier alpha value is -3.16. The van der Waals surface area contributed by atoms with E-state index in [-0.39, 0.29) is 17.8 Å². The topological polar surface area (TPSA) is 67.8 Å². The molecule has 0 aliphatic carbocycles. The first-order valence-corrected chi connectivity index (χ1v) is 11.9. The molecule has 1 atom stereocenters. The molecule has 0 N–H and O–H groups in total. The van der Waals surface area contributed by atoms with Crippen molar-refractivity contribution in [2.24, 2.45) is 5.92 Å². The van der Waals surface area contributed by atoms with Crippen LogP contribution >= 0.6 is 0 Å². The van der Waals surface area contributed by atoms with Gasteiger partial charge in [-0.25, -0.2) is 14.2 Å². The molecule has 1 unspecified atom stereocenters. The molecule has 0 radical (unpaired) electrons. The lowest BCUT2D eigenvalue weighted by atomic mass is 9.99. The fourth-order valence-electron chi connectivity index (χ4n) is 4.24. The summed E-state index contributed by atoms with van der Waals surface area (Å²) in [4.78, 5) is 25.6. The van der Waals surface area contributed by atoms with Crippen LogP contribution in [0.1, 0.15) is 45.7 Å². The van der Waals surface area contributed by atoms with Gasteiger partial charge in [-0.2, -0.15) is 0 Å². The molecule has 0 spiro atoms. The van der Waals surface area contributed by atoms with E-state index in [1.165, 1.54) is 6.07 Å². The van der Waals surface area contributed by atoms with Gasteiger partial charge in [0.25, 0.3) is 0 Å². The Kier molecular flexibility index (Phi) is 7.34. The number of aromatic nitrogens is 2. The second-order valence-corrected chi connectivity index (χ2v) is 9.86. The Bertz CT molecular complexity index is 1040. The second-order valence-electron chi connectivity index (χ2n) is 9.86. The van der Waals surface area contributed by atoms with Crippen LogP contribution in [0.15, 0.2) is 42.7 Å². The Morgan fingerprint density at radius 1 is 1.21 bits per heavy atom. The van der Waals surface area contributed by atoms with Crippen LogP contribution in [0, 0.1) is 11.7 Å². The third-order valence-electron chi connectivity index (χ3n) is 5.97. The Labute approximate surface area is 200 Å². The minimum Gasteiger partial charge on any atom is -0.490 e. The van der Waals surface area contributed by atoms with Gasteiger partial charge >= 0.3 is 6.09 Å². The predicted molar refractivity (Wildman–Crippen MR) is 129 cm³/mol. The van der Waals surface area contributed by atoms with Crippen LogP contribution in [0.3, 0.4) is 0 Å². The number of halogens is 1. The molecule has 1 saturated heterocycles. The Morgan fingerprint density at radius 2 is 2.03 bits per heavy atom. The number of amides is 1. The smallest absolute Gasteiger partial charge is 0.410 e. The zero-order valence-electron chi connectivity index (χ0n) is 20.2. The van der Waals surface area contributed by atoms with E-state index in [0.29, 0.717) is 31.9 Å². The summed E-state index contributed by atoms with van der Waals surface area (Å²) in [6, 6.07) is 6.51. The summed E-state index contributed by atoms with van der Waals surface area (Å²) in [6.45, 7) is 8.85. The highest BCUT2D eigenvalue weighted by molar-refractivity contribution is 5.72. The van der Waals surface area contributed by atoms with Crippen LogP contribution < -0.4 is 9.64 Å². The molecule has 3 heterocycles. The van der Waals surface area contributed by atoms with Gasteiger partial charge in [-0.1, -0.05) is 18.2 Å². The lowest BCUT2D eigenvalue weighted by Crippen LogP contribution is -2.39. The highest BCUT2D eigenvalue weighted by Gasteiger charge is 2.25. The van der Waals surface area contributed by atoms with Crippen molar-refractivity contribution in [1.29, 1.82) is 0 Å². The van der Waals surface area contributed by atoms with Crippen molar-refractivity contribution < 1.29 is 18.7 Å². The van der Waals surface area contributed by atoms with E-state index in [1.807, 2.05) is 26.8 Å². The van der Waals surface area contributed by atoms with Crippen molar-refractivity contribution in [3.8, 4) is 5.75 Å². The maximum Gasteiger partial charge on any atom is 0.410 e. The third kappa shape index (κ3) is 6.24. The second kappa shape index (κ2) is 10.4. The molecule has 7 nitrogen and oxygen atoms in total. The van der Waals surface area contributed by atoms with E-state index < -0.39 is 5.60 Å². The van der Waals surface area contributed by atoms with Crippen LogP contribution in [0.2, 0.25) is 0 Å². The summed E-state index contributed by atoms with van der Waals surface area (Å²) < 4.78 is 25.1. The molecular weight excluding hydrogens is 435 g/mol. The molecule has 0 bridgehead atoms. The Balaban J connectivity index is 1.36. The number of para-hydroxylation sites is 1. The van der Waals surface area contributed by atoms with Crippen LogP contribution in [0.4, 0.5) is 15.0 Å². The number of nitrogens with zero attached hydrogens (tertiary/aromatic N) is 4. The molecule has 2 aliphatic heterocycles. The summed E-state index contributed by atoms with van der Waals surface area (Å²) in [5.41, 5.74) is 1.42. The van der Waals surface area contributed by atoms with Gasteiger partial charge < -0.3 is 19.3 Å². The van der Waals surface area contributed by atoms with Crippen LogP contribution in [0.5, 0.6) is 5.75 Å². The average molecular weight is 469 g/mol. The maximum absolute atomic E-state index is 13.9. The van der Waals surface area contributed by atoms with Gasteiger partial charge in [-0.15, -0.1) is 0 Å². The standard InChI is InChI=1S/C26H33FN4O3/c1-26(2,3)34-25(32)30-13-10-20(11-14-30)22-15-28-16-24(29-22)31-12-6-7-19(17-31)18-33-23-9-5-4-8-21(23)27/h4-5,8-10,15-16,19H,6-7,11-14,17-18H2,1-3H3. The number of ether oxygens (including phenoxy) is 2. The molecule has 8 heteroatoms. The quantitative estimate of drug-likeness (QED) is 0.620. The van der Waals surface area contributed by atoms with Crippen molar-refractivity contribution in [1.82, 2.24) is 14.9 Å². The van der Waals surface area contributed by atoms with Crippen molar-refractivity contribution >= 4 is 17.5 Å². The fraction of sp³-hybridized carbons (Fsp3) is 0.500. The number of anilines is 1. The van der Waals surface area contributed by atoms with Crippen LogP contribution in [-0.4, -0.2) is 59.3 Å². The third-order valence-corrected chi connectivity index (χ3v) is 5.97. The van der Waals surface area contributed by atoms with Gasteiger partial charge in [0.2, 0.25) is 0 Å². The lowest BCUT2D eigenvalue weighted by molar-refractivity contribution is 0.0270. The summed E-state index contributed by atoms with van der Waals surface area (Å²) in [7, 11) is 0. The molecule has 2 aromatic rings. The van der Waals surface area contributed by atoms with Crippen molar-refractivity contribution in [2.75, 3.05) is 37.7 Å². The maximum atomic E-state index is 13.9. The summed E-state index contributed by atoms with van der Waals surface area (Å²) in [5.74, 6) is 1.09. The number of hydrogen-bond acceptors (Lipinski definition) is 6. The number of hydrogen-bond donors (Lipinski definition) is 0. The zero-order chi connectivity index (χ0) is 24.1. The van der Waals surface area contributed by atoms with Gasteiger partial charge in [0.15, 0.2) is 11.6 Å². The summed E-state index contributed by atoms with van der Waals surface area (Å²) >= 11 is 0. The van der Waals surface area contributed by atoms with Gasteiger partial charge in [0.1, 0.15) is 11.4 Å². The number of benzene rings is 1. The predicted octanol–water partition coefficient (Wildman–Crippen LogP) is 4.94. The molecule has 4 rings (SSSR count). The van der Waals surface area contributed by atoms with E-state index in [4.69, 9.17) is 14.5 Å². The SMILES string of the molecule is CC(C)(C)OC(=O)N1CC=C(c2cncc(N3CCCC(COc4ccccc4F)C3)n2)CC1. The first-order valence-electron chi connectivity index (χ1n) is 11.9. The number of piperidine rings is 1. The van der Waals surface area contributed by atoms with Crippen LogP contribution in [-0.2, 0) is 4.74 Å². The van der Waals surface area contributed by atoms with E-state index >= 15 is 0 Å². The highest BCUT2D eigenvalue weighted by atomic mass is 19.1. The van der Waals surface area contributed by atoms with Gasteiger partial charge in [-0.3, -0.25) is 4.98 Å². The number of carbonyl (C=O) groups excluding carboxylic acids is 1. The molecule has 2 aliphatic rings. The zero-order valence-corrected chi connectivity index (χ0v) is 20.2. The highest BCUT2D eigenvalue weighted by Crippen LogP contribution is 2.26. The Morgan fingerprint density at radius 3 is 2.76 bits per heavy atom. The summed E-state index contributed by atoms with van der Waals surface area (Å²) in [5, 5.41) is 0. The minimum absolute atomic E-state index is 0.287. The molecule has 1 amide bonds. The monoisotopic (exact) mass is 468 g/mol. The molecule has 1 fully saturated rings. The normalized spacial score (nSPS) is 18.9. The average Bonchev–Trinajstić information content (AvgIpc) is 2.83. The van der Waals surface area contributed by atoms with Crippen LogP contribution in [0.25, 0.3) is 5.57 Å². The molecule has 0 saturated carbocycles.